The average molecular weight is 752 g/mol. The van der Waals surface area contributed by atoms with Gasteiger partial charge in [0.2, 0.25) is 11.8 Å². The van der Waals surface area contributed by atoms with Crippen LogP contribution in [-0.2, 0) is 33.3 Å². The molecule has 0 bridgehead atoms. The Hall–Kier alpha value is -4.76. The summed E-state index contributed by atoms with van der Waals surface area (Å²) in [5, 5.41) is 26.6. The molecule has 1 atom stereocenters. The van der Waals surface area contributed by atoms with Crippen LogP contribution < -0.4 is 26.4 Å². The monoisotopic (exact) mass is 751 g/mol. The number of benzene rings is 3. The summed E-state index contributed by atoms with van der Waals surface area (Å²) in [6.07, 6.45) is 2.15. The summed E-state index contributed by atoms with van der Waals surface area (Å²) in [5.41, 5.74) is 7.74. The number of carbonyl (C=O) groups is 3. The summed E-state index contributed by atoms with van der Waals surface area (Å²) < 4.78 is 28.4. The maximum absolute atomic E-state index is 12.7. The summed E-state index contributed by atoms with van der Waals surface area (Å²) in [6, 6.07) is 18.5. The first-order valence-electron chi connectivity index (χ1n) is 18.6. The van der Waals surface area contributed by atoms with Crippen LogP contribution in [0.5, 0.6) is 5.75 Å². The Kier molecular flexibility index (Phi) is 20.4. The van der Waals surface area contributed by atoms with E-state index in [4.69, 9.17) is 34.8 Å². The van der Waals surface area contributed by atoms with Crippen LogP contribution in [0.4, 0.5) is 0 Å². The number of guanidine groups is 1. The maximum Gasteiger partial charge on any atom is 0.305 e. The summed E-state index contributed by atoms with van der Waals surface area (Å²) in [6.45, 7) is 9.19. The van der Waals surface area contributed by atoms with E-state index in [1.165, 1.54) is 0 Å². The number of fused-ring (bicyclic) bond motifs is 1. The second-order valence-corrected chi connectivity index (χ2v) is 13.1. The molecule has 0 fully saturated rings. The Morgan fingerprint density at radius 3 is 1.96 bits per heavy atom. The van der Waals surface area contributed by atoms with Crippen LogP contribution in [0.15, 0.2) is 60.7 Å². The molecule has 0 aliphatic carbocycles. The van der Waals surface area contributed by atoms with E-state index < -0.39 is 17.9 Å². The number of aliphatic carboxylic acids is 1. The zero-order valence-electron chi connectivity index (χ0n) is 31.5. The maximum atomic E-state index is 12.7. The fourth-order valence-electron chi connectivity index (χ4n) is 5.41. The number of carboxylic acids is 1. The van der Waals surface area contributed by atoms with Crippen LogP contribution in [0.1, 0.15) is 57.6 Å². The van der Waals surface area contributed by atoms with Crippen molar-refractivity contribution in [1.82, 2.24) is 16.0 Å². The summed E-state index contributed by atoms with van der Waals surface area (Å²) in [7, 11) is 0. The van der Waals surface area contributed by atoms with E-state index in [0.29, 0.717) is 83.7 Å². The molecular weight excluding hydrogens is 694 g/mol. The van der Waals surface area contributed by atoms with Crippen molar-refractivity contribution in [3.8, 4) is 16.9 Å². The SMILES string of the molecule is CC(C)CCOCCOCCOCCOCCOc1ccc(-c2ccc([C@H](CC(=O)O)NC(=O)CNC(=O)CCCCNC(=N)N)cc2)c2ccccc12. The molecule has 0 aromatic heterocycles. The molecule has 0 spiro atoms. The highest BCUT2D eigenvalue weighted by atomic mass is 16.6. The number of hydrogen-bond donors (Lipinski definition) is 6. The van der Waals surface area contributed by atoms with E-state index in [1.54, 1.807) is 12.1 Å². The smallest absolute Gasteiger partial charge is 0.305 e. The lowest BCUT2D eigenvalue weighted by atomic mass is 9.95. The van der Waals surface area contributed by atoms with Crippen molar-refractivity contribution in [2.75, 3.05) is 72.6 Å². The first-order valence-corrected chi connectivity index (χ1v) is 18.6. The third-order valence-corrected chi connectivity index (χ3v) is 8.26. The van der Waals surface area contributed by atoms with Gasteiger partial charge in [-0.3, -0.25) is 19.8 Å². The molecular formula is C40H57N5O9. The highest BCUT2D eigenvalue weighted by Gasteiger charge is 2.19. The van der Waals surface area contributed by atoms with Crippen LogP contribution in [-0.4, -0.2) is 101 Å². The van der Waals surface area contributed by atoms with Crippen LogP contribution in [0, 0.1) is 11.3 Å². The van der Waals surface area contributed by atoms with Gasteiger partial charge in [-0.05, 0) is 53.3 Å². The van der Waals surface area contributed by atoms with Crippen molar-refractivity contribution >= 4 is 34.5 Å². The summed E-state index contributed by atoms with van der Waals surface area (Å²) >= 11 is 0. The van der Waals surface area contributed by atoms with Crippen molar-refractivity contribution in [1.29, 1.82) is 5.41 Å². The number of carboxylic acid groups (broad SMARTS) is 1. The molecule has 7 N–H and O–H groups in total. The van der Waals surface area contributed by atoms with E-state index in [9.17, 15) is 19.5 Å². The van der Waals surface area contributed by atoms with Gasteiger partial charge < -0.3 is 50.5 Å². The first kappa shape index (κ1) is 43.6. The summed E-state index contributed by atoms with van der Waals surface area (Å²) in [4.78, 5) is 36.5. The molecule has 0 saturated heterocycles. The minimum atomic E-state index is -1.07. The number of ether oxygens (including phenoxy) is 5. The quantitative estimate of drug-likeness (QED) is 0.0349. The molecule has 296 valence electrons. The third kappa shape index (κ3) is 17.4. The first-order chi connectivity index (χ1) is 26.1. The van der Waals surface area contributed by atoms with Crippen molar-refractivity contribution in [3.63, 3.8) is 0 Å². The lowest BCUT2D eigenvalue weighted by molar-refractivity contribution is -0.138. The molecule has 0 aliphatic heterocycles. The van der Waals surface area contributed by atoms with E-state index in [0.717, 1.165) is 40.7 Å². The normalized spacial score (nSPS) is 11.7. The molecule has 3 aromatic rings. The number of unbranched alkanes of at least 4 members (excludes halogenated alkanes) is 1. The Balaban J connectivity index is 1.44. The van der Waals surface area contributed by atoms with E-state index in [-0.39, 0.29) is 31.3 Å². The molecule has 0 saturated carbocycles. The van der Waals surface area contributed by atoms with Gasteiger partial charge in [0.25, 0.3) is 0 Å². The minimum Gasteiger partial charge on any atom is -0.491 e. The molecule has 0 aliphatic rings. The van der Waals surface area contributed by atoms with Gasteiger partial charge in [-0.25, -0.2) is 0 Å². The number of amides is 2. The van der Waals surface area contributed by atoms with Crippen LogP contribution >= 0.6 is 0 Å². The van der Waals surface area contributed by atoms with E-state index in [2.05, 4.69) is 29.8 Å². The fourth-order valence-corrected chi connectivity index (χ4v) is 5.41. The second-order valence-electron chi connectivity index (χ2n) is 13.1. The predicted molar refractivity (Wildman–Crippen MR) is 208 cm³/mol. The summed E-state index contributed by atoms with van der Waals surface area (Å²) in [5.74, 6) is -0.608. The molecule has 2 amide bonds. The average Bonchev–Trinajstić information content (AvgIpc) is 3.14. The number of carbonyl (C=O) groups excluding carboxylic acids is 2. The van der Waals surface area contributed by atoms with Crippen LogP contribution in [0.3, 0.4) is 0 Å². The second kappa shape index (κ2) is 25.3. The number of nitrogens with one attached hydrogen (secondary N) is 4. The molecule has 3 rings (SSSR count). The molecule has 0 unspecified atom stereocenters. The van der Waals surface area contributed by atoms with E-state index >= 15 is 0 Å². The minimum absolute atomic E-state index is 0.126. The predicted octanol–water partition coefficient (Wildman–Crippen LogP) is 4.40. The topological polar surface area (TPSA) is 204 Å². The highest BCUT2D eigenvalue weighted by Crippen LogP contribution is 2.35. The molecule has 14 heteroatoms. The molecule has 0 heterocycles. The number of rotatable bonds is 28. The molecule has 54 heavy (non-hydrogen) atoms. The van der Waals surface area contributed by atoms with Gasteiger partial charge in [-0.15, -0.1) is 0 Å². The molecule has 0 radical (unpaired) electrons. The van der Waals surface area contributed by atoms with Gasteiger partial charge >= 0.3 is 5.97 Å². The van der Waals surface area contributed by atoms with Crippen molar-refractivity contribution in [3.05, 3.63) is 66.2 Å². The number of hydrogen-bond acceptors (Lipinski definition) is 9. The lowest BCUT2D eigenvalue weighted by Crippen LogP contribution is -2.39. The Morgan fingerprint density at radius 1 is 0.741 bits per heavy atom. The van der Waals surface area contributed by atoms with Gasteiger partial charge in [0.15, 0.2) is 5.96 Å². The highest BCUT2D eigenvalue weighted by molar-refractivity contribution is 6.00. The lowest BCUT2D eigenvalue weighted by Gasteiger charge is -2.19. The Labute approximate surface area is 317 Å². The Morgan fingerprint density at radius 2 is 1.35 bits per heavy atom. The van der Waals surface area contributed by atoms with Gasteiger partial charge in [0, 0.05) is 25.0 Å². The zero-order valence-corrected chi connectivity index (χ0v) is 31.5. The number of nitrogens with two attached hydrogens (primary N) is 1. The third-order valence-electron chi connectivity index (χ3n) is 8.26. The van der Waals surface area contributed by atoms with Gasteiger partial charge in [0.05, 0.1) is 65.3 Å². The largest absolute Gasteiger partial charge is 0.491 e. The van der Waals surface area contributed by atoms with Gasteiger partial charge in [-0.2, -0.15) is 0 Å². The fraction of sp³-hybridized carbons (Fsp3) is 0.500. The van der Waals surface area contributed by atoms with E-state index in [1.807, 2.05) is 48.5 Å². The molecule has 14 nitrogen and oxygen atoms in total. The zero-order chi connectivity index (χ0) is 39.0. The van der Waals surface area contributed by atoms with Gasteiger partial charge in [-0.1, -0.05) is 68.4 Å². The van der Waals surface area contributed by atoms with Crippen molar-refractivity contribution in [2.45, 2.75) is 52.0 Å². The standard InChI is InChI=1S/C40H57N5O9/c1-29(2)16-18-50-19-20-51-21-22-52-23-24-53-25-26-54-36-15-14-32(33-7-3-4-8-34(33)36)30-10-12-31(13-11-30)35(27-39(48)49)45-38(47)28-44-37(46)9-5-6-17-43-40(41)42/h3-4,7-8,10-15,29,35H,5-6,9,16-28H2,1-2H3,(H,44,46)(H,45,47)(H,48,49)(H4,41,42,43)/t35-/m0/s1. The van der Waals surface area contributed by atoms with Crippen molar-refractivity contribution in [2.24, 2.45) is 11.7 Å². The van der Waals surface area contributed by atoms with Crippen LogP contribution in [0.25, 0.3) is 21.9 Å². The molecule has 3 aromatic carbocycles. The van der Waals surface area contributed by atoms with Crippen molar-refractivity contribution < 1.29 is 43.2 Å². The van der Waals surface area contributed by atoms with Gasteiger partial charge in [0.1, 0.15) is 12.4 Å². The van der Waals surface area contributed by atoms with Crippen LogP contribution in [0.2, 0.25) is 0 Å². The Bertz CT molecular complexity index is 1590.